The van der Waals surface area contributed by atoms with E-state index >= 15 is 0 Å². The predicted octanol–water partition coefficient (Wildman–Crippen LogP) is 1.46. The van der Waals surface area contributed by atoms with E-state index in [1.807, 2.05) is 0 Å². The largest absolute Gasteiger partial charge is 0.327 e. The molecule has 1 aliphatic heterocycles. The molecule has 2 fully saturated rings. The number of nitrogens with zero attached hydrogens (tertiary/aromatic N) is 1. The highest BCUT2D eigenvalue weighted by atomic mass is 15.2. The molecule has 0 aromatic carbocycles. The summed E-state index contributed by atoms with van der Waals surface area (Å²) in [6.45, 7) is 8.50. The van der Waals surface area contributed by atoms with Gasteiger partial charge in [0.1, 0.15) is 0 Å². The lowest BCUT2D eigenvalue weighted by molar-refractivity contribution is 0.140. The van der Waals surface area contributed by atoms with Gasteiger partial charge in [-0.25, -0.2) is 0 Å². The molecule has 2 aliphatic rings. The summed E-state index contributed by atoms with van der Waals surface area (Å²) in [6.07, 6.45) is 4.04. The van der Waals surface area contributed by atoms with Crippen molar-refractivity contribution in [1.29, 1.82) is 0 Å². The van der Waals surface area contributed by atoms with E-state index < -0.39 is 0 Å². The first kappa shape index (κ1) is 9.47. The third kappa shape index (κ3) is 1.75. The summed E-state index contributed by atoms with van der Waals surface area (Å²) in [5.41, 5.74) is 6.64. The zero-order valence-corrected chi connectivity index (χ0v) is 8.92. The topological polar surface area (TPSA) is 29.3 Å². The van der Waals surface area contributed by atoms with Crippen molar-refractivity contribution in [3.05, 3.63) is 0 Å². The average Bonchev–Trinajstić information content (AvgIpc) is 2.22. The van der Waals surface area contributed by atoms with Gasteiger partial charge in [-0.2, -0.15) is 0 Å². The van der Waals surface area contributed by atoms with Crippen molar-refractivity contribution in [2.24, 2.45) is 17.1 Å². The van der Waals surface area contributed by atoms with Crippen LogP contribution in [-0.2, 0) is 0 Å². The Morgan fingerprint density at radius 2 is 2.08 bits per heavy atom. The standard InChI is InChI=1S/C11H22N2/c1-11(2)5-4-9(10(11)12)8-13-6-3-7-13/h9-10H,3-8,12H2,1-2H3. The molecule has 0 spiro atoms. The first-order chi connectivity index (χ1) is 6.09. The molecule has 0 amide bonds. The Bertz CT molecular complexity index is 185. The minimum Gasteiger partial charge on any atom is -0.327 e. The molecule has 1 aliphatic carbocycles. The molecular formula is C11H22N2. The molecule has 76 valence electrons. The molecule has 2 nitrogen and oxygen atoms in total. The molecule has 0 bridgehead atoms. The third-order valence-corrected chi connectivity index (χ3v) is 4.01. The van der Waals surface area contributed by atoms with E-state index in [9.17, 15) is 0 Å². The van der Waals surface area contributed by atoms with Gasteiger partial charge in [0.2, 0.25) is 0 Å². The average molecular weight is 182 g/mol. The maximum Gasteiger partial charge on any atom is 0.0131 e. The Morgan fingerprint density at radius 3 is 2.46 bits per heavy atom. The summed E-state index contributed by atoms with van der Waals surface area (Å²) in [4.78, 5) is 2.55. The number of hydrogen-bond acceptors (Lipinski definition) is 2. The van der Waals surface area contributed by atoms with E-state index in [2.05, 4.69) is 18.7 Å². The first-order valence-corrected chi connectivity index (χ1v) is 5.57. The van der Waals surface area contributed by atoms with Crippen LogP contribution in [0.1, 0.15) is 33.1 Å². The number of nitrogens with two attached hydrogens (primary N) is 1. The number of hydrogen-bond donors (Lipinski definition) is 1. The Balaban J connectivity index is 1.87. The van der Waals surface area contributed by atoms with Crippen LogP contribution in [0.15, 0.2) is 0 Å². The highest BCUT2D eigenvalue weighted by Gasteiger charge is 2.40. The van der Waals surface area contributed by atoms with Gasteiger partial charge in [-0.15, -0.1) is 0 Å². The highest BCUT2D eigenvalue weighted by molar-refractivity contribution is 4.95. The van der Waals surface area contributed by atoms with Gasteiger partial charge in [0.05, 0.1) is 0 Å². The zero-order valence-electron chi connectivity index (χ0n) is 8.92. The second-order valence-corrected chi connectivity index (χ2v) is 5.47. The molecule has 1 saturated heterocycles. The lowest BCUT2D eigenvalue weighted by atomic mass is 9.85. The van der Waals surface area contributed by atoms with E-state index in [4.69, 9.17) is 5.73 Å². The van der Waals surface area contributed by atoms with Crippen LogP contribution in [0.3, 0.4) is 0 Å². The summed E-state index contributed by atoms with van der Waals surface area (Å²) in [6, 6.07) is 0.424. The molecule has 13 heavy (non-hydrogen) atoms. The Hall–Kier alpha value is -0.0800. The maximum atomic E-state index is 6.26. The van der Waals surface area contributed by atoms with Crippen LogP contribution in [0.25, 0.3) is 0 Å². The number of rotatable bonds is 2. The van der Waals surface area contributed by atoms with Crippen molar-refractivity contribution in [2.45, 2.75) is 39.2 Å². The molecule has 2 rings (SSSR count). The Morgan fingerprint density at radius 1 is 1.38 bits per heavy atom. The molecule has 1 heterocycles. The van der Waals surface area contributed by atoms with Crippen LogP contribution < -0.4 is 5.73 Å². The van der Waals surface area contributed by atoms with Gasteiger partial charge in [-0.3, -0.25) is 0 Å². The fraction of sp³-hybridized carbons (Fsp3) is 1.00. The van der Waals surface area contributed by atoms with Gasteiger partial charge < -0.3 is 10.6 Å². The Labute approximate surface area is 81.5 Å². The van der Waals surface area contributed by atoms with Crippen molar-refractivity contribution in [3.8, 4) is 0 Å². The van der Waals surface area contributed by atoms with Gasteiger partial charge in [0, 0.05) is 12.6 Å². The summed E-state index contributed by atoms with van der Waals surface area (Å²) >= 11 is 0. The van der Waals surface area contributed by atoms with Crippen LogP contribution in [0.5, 0.6) is 0 Å². The molecule has 2 heteroatoms. The van der Waals surface area contributed by atoms with E-state index in [-0.39, 0.29) is 0 Å². The van der Waals surface area contributed by atoms with Gasteiger partial charge >= 0.3 is 0 Å². The van der Waals surface area contributed by atoms with E-state index in [0.717, 1.165) is 5.92 Å². The summed E-state index contributed by atoms with van der Waals surface area (Å²) in [7, 11) is 0. The lowest BCUT2D eigenvalue weighted by Crippen LogP contribution is -2.46. The fourth-order valence-electron chi connectivity index (χ4n) is 2.64. The van der Waals surface area contributed by atoms with Crippen molar-refractivity contribution >= 4 is 0 Å². The quantitative estimate of drug-likeness (QED) is 0.700. The van der Waals surface area contributed by atoms with Crippen LogP contribution in [-0.4, -0.2) is 30.6 Å². The molecule has 0 aromatic rings. The van der Waals surface area contributed by atoms with Crippen LogP contribution in [0.4, 0.5) is 0 Å². The van der Waals surface area contributed by atoms with Gasteiger partial charge in [-0.1, -0.05) is 13.8 Å². The minimum atomic E-state index is 0.384. The lowest BCUT2D eigenvalue weighted by Gasteiger charge is -2.35. The third-order valence-electron chi connectivity index (χ3n) is 4.01. The monoisotopic (exact) mass is 182 g/mol. The second kappa shape index (κ2) is 3.25. The SMILES string of the molecule is CC1(C)CCC(CN2CCC2)C1N. The summed E-state index contributed by atoms with van der Waals surface area (Å²) in [5, 5.41) is 0. The van der Waals surface area contributed by atoms with Gasteiger partial charge in [0.25, 0.3) is 0 Å². The second-order valence-electron chi connectivity index (χ2n) is 5.47. The molecule has 0 aromatic heterocycles. The molecule has 2 unspecified atom stereocenters. The van der Waals surface area contributed by atoms with E-state index in [1.54, 1.807) is 0 Å². The summed E-state index contributed by atoms with van der Waals surface area (Å²) < 4.78 is 0. The molecule has 2 atom stereocenters. The smallest absolute Gasteiger partial charge is 0.0131 e. The van der Waals surface area contributed by atoms with Gasteiger partial charge in [0.15, 0.2) is 0 Å². The molecule has 1 saturated carbocycles. The molecule has 2 N–H and O–H groups in total. The number of likely N-dealkylation sites (tertiary alicyclic amines) is 1. The predicted molar refractivity (Wildman–Crippen MR) is 55.5 cm³/mol. The fourth-order valence-corrected chi connectivity index (χ4v) is 2.64. The van der Waals surface area contributed by atoms with Crippen LogP contribution >= 0.6 is 0 Å². The molecular weight excluding hydrogens is 160 g/mol. The highest BCUT2D eigenvalue weighted by Crippen LogP contribution is 2.40. The van der Waals surface area contributed by atoms with E-state index in [1.165, 1.54) is 38.9 Å². The van der Waals surface area contributed by atoms with Crippen LogP contribution in [0, 0.1) is 11.3 Å². The minimum absolute atomic E-state index is 0.384. The first-order valence-electron chi connectivity index (χ1n) is 5.57. The van der Waals surface area contributed by atoms with E-state index in [0.29, 0.717) is 11.5 Å². The Kier molecular flexibility index (Phi) is 2.37. The summed E-state index contributed by atoms with van der Waals surface area (Å²) in [5.74, 6) is 0.760. The van der Waals surface area contributed by atoms with Crippen molar-refractivity contribution in [2.75, 3.05) is 19.6 Å². The normalized spacial score (nSPS) is 39.0. The van der Waals surface area contributed by atoms with Crippen molar-refractivity contribution in [1.82, 2.24) is 4.90 Å². The van der Waals surface area contributed by atoms with Gasteiger partial charge in [-0.05, 0) is 43.7 Å². The zero-order chi connectivity index (χ0) is 9.47. The van der Waals surface area contributed by atoms with Crippen molar-refractivity contribution in [3.63, 3.8) is 0 Å². The molecule has 0 radical (unpaired) electrons. The van der Waals surface area contributed by atoms with Crippen molar-refractivity contribution < 1.29 is 0 Å². The van der Waals surface area contributed by atoms with Crippen LogP contribution in [0.2, 0.25) is 0 Å². The maximum absolute atomic E-state index is 6.26.